The molecule has 3 nitrogen and oxygen atoms in total. The molecule has 3 rings (SSSR count). The van der Waals surface area contributed by atoms with E-state index in [9.17, 15) is 4.79 Å². The van der Waals surface area contributed by atoms with Gasteiger partial charge in [-0.1, -0.05) is 17.7 Å². The molecule has 2 aromatic carbocycles. The Bertz CT molecular complexity index is 706. The lowest BCUT2D eigenvalue weighted by molar-refractivity contribution is 0.0993. The summed E-state index contributed by atoms with van der Waals surface area (Å²) >= 11 is 0. The smallest absolute Gasteiger partial charge is 0.258 e. The number of benzene rings is 2. The number of amides is 1. The van der Waals surface area contributed by atoms with Crippen molar-refractivity contribution >= 4 is 17.3 Å². The standard InChI is InChI=1S/C18H20N2O/c1-12-4-7-17(13(2)10-12)20(3)18(21)15-5-6-16-14(11-15)8-9-19-16/h4-7,10-11,19H,8-9H2,1-3H3. The molecule has 0 bridgehead atoms. The van der Waals surface area contributed by atoms with Gasteiger partial charge in [-0.05, 0) is 55.7 Å². The van der Waals surface area contributed by atoms with Crippen LogP contribution >= 0.6 is 0 Å². The highest BCUT2D eigenvalue weighted by Crippen LogP contribution is 2.26. The molecule has 0 atom stereocenters. The van der Waals surface area contributed by atoms with E-state index in [4.69, 9.17) is 0 Å². The summed E-state index contributed by atoms with van der Waals surface area (Å²) in [5.41, 5.74) is 6.43. The maximum atomic E-state index is 12.7. The lowest BCUT2D eigenvalue weighted by atomic mass is 10.1. The molecular formula is C18H20N2O. The molecule has 0 spiro atoms. The van der Waals surface area contributed by atoms with Crippen LogP contribution in [-0.4, -0.2) is 19.5 Å². The monoisotopic (exact) mass is 280 g/mol. The maximum absolute atomic E-state index is 12.7. The third-order valence-corrected chi connectivity index (χ3v) is 4.08. The van der Waals surface area contributed by atoms with E-state index in [0.717, 1.165) is 35.5 Å². The molecule has 0 aliphatic carbocycles. The van der Waals surface area contributed by atoms with Crippen molar-refractivity contribution in [3.63, 3.8) is 0 Å². The normalized spacial score (nSPS) is 12.7. The summed E-state index contributed by atoms with van der Waals surface area (Å²) < 4.78 is 0. The molecule has 108 valence electrons. The summed E-state index contributed by atoms with van der Waals surface area (Å²) in [6.45, 7) is 5.06. The number of hydrogen-bond donors (Lipinski definition) is 1. The van der Waals surface area contributed by atoms with E-state index in [2.05, 4.69) is 18.3 Å². The van der Waals surface area contributed by atoms with E-state index in [1.807, 2.05) is 44.3 Å². The van der Waals surface area contributed by atoms with Gasteiger partial charge in [-0.25, -0.2) is 0 Å². The molecule has 3 heteroatoms. The van der Waals surface area contributed by atoms with Crippen LogP contribution in [0.2, 0.25) is 0 Å². The number of carbonyl (C=O) groups excluding carboxylic acids is 1. The Balaban J connectivity index is 1.90. The minimum Gasteiger partial charge on any atom is -0.384 e. The highest BCUT2D eigenvalue weighted by Gasteiger charge is 2.18. The van der Waals surface area contributed by atoms with Crippen LogP contribution < -0.4 is 10.2 Å². The van der Waals surface area contributed by atoms with Crippen LogP contribution in [0.4, 0.5) is 11.4 Å². The van der Waals surface area contributed by atoms with Gasteiger partial charge in [0.05, 0.1) is 0 Å². The van der Waals surface area contributed by atoms with Gasteiger partial charge in [0.15, 0.2) is 0 Å². The number of nitrogens with one attached hydrogen (secondary N) is 1. The van der Waals surface area contributed by atoms with Gasteiger partial charge >= 0.3 is 0 Å². The highest BCUT2D eigenvalue weighted by molar-refractivity contribution is 6.06. The van der Waals surface area contributed by atoms with Crippen molar-refractivity contribution in [3.05, 3.63) is 58.7 Å². The predicted molar refractivity (Wildman–Crippen MR) is 87.3 cm³/mol. The molecule has 1 heterocycles. The van der Waals surface area contributed by atoms with E-state index in [1.165, 1.54) is 11.1 Å². The third kappa shape index (κ3) is 2.51. The molecule has 0 aromatic heterocycles. The Hall–Kier alpha value is -2.29. The average Bonchev–Trinajstić information content (AvgIpc) is 2.93. The zero-order valence-electron chi connectivity index (χ0n) is 12.7. The molecule has 21 heavy (non-hydrogen) atoms. The summed E-state index contributed by atoms with van der Waals surface area (Å²) in [5, 5.41) is 3.32. The SMILES string of the molecule is Cc1ccc(N(C)C(=O)c2ccc3c(c2)CCN3)c(C)c1. The number of anilines is 2. The van der Waals surface area contributed by atoms with Gasteiger partial charge in [-0.2, -0.15) is 0 Å². The first-order chi connectivity index (χ1) is 10.1. The van der Waals surface area contributed by atoms with E-state index >= 15 is 0 Å². The Kier molecular flexibility index (Phi) is 3.42. The van der Waals surface area contributed by atoms with Crippen LogP contribution in [-0.2, 0) is 6.42 Å². The van der Waals surface area contributed by atoms with Crippen LogP contribution in [0.3, 0.4) is 0 Å². The van der Waals surface area contributed by atoms with Gasteiger partial charge in [-0.3, -0.25) is 4.79 Å². The summed E-state index contributed by atoms with van der Waals surface area (Å²) in [6.07, 6.45) is 0.990. The summed E-state index contributed by atoms with van der Waals surface area (Å²) in [5.74, 6) is 0.0386. The molecule has 2 aromatic rings. The fourth-order valence-electron chi connectivity index (χ4n) is 2.92. The fraction of sp³-hybridized carbons (Fsp3) is 0.278. The minimum absolute atomic E-state index is 0.0386. The molecular weight excluding hydrogens is 260 g/mol. The number of hydrogen-bond acceptors (Lipinski definition) is 2. The average molecular weight is 280 g/mol. The number of fused-ring (bicyclic) bond motifs is 1. The zero-order valence-corrected chi connectivity index (χ0v) is 12.7. The van der Waals surface area contributed by atoms with Crippen LogP contribution in [0.1, 0.15) is 27.0 Å². The van der Waals surface area contributed by atoms with E-state index in [1.54, 1.807) is 4.90 Å². The predicted octanol–water partition coefficient (Wildman–Crippen LogP) is 3.55. The van der Waals surface area contributed by atoms with Crippen molar-refractivity contribution < 1.29 is 4.79 Å². The number of aryl methyl sites for hydroxylation is 2. The first-order valence-corrected chi connectivity index (χ1v) is 7.28. The largest absolute Gasteiger partial charge is 0.384 e. The lowest BCUT2D eigenvalue weighted by Gasteiger charge is -2.20. The molecule has 1 N–H and O–H groups in total. The van der Waals surface area contributed by atoms with Crippen molar-refractivity contribution in [2.75, 3.05) is 23.8 Å². The van der Waals surface area contributed by atoms with Gasteiger partial charge in [0, 0.05) is 30.5 Å². The van der Waals surface area contributed by atoms with Crippen LogP contribution in [0, 0.1) is 13.8 Å². The molecule has 0 radical (unpaired) electrons. The van der Waals surface area contributed by atoms with Gasteiger partial charge in [0.2, 0.25) is 0 Å². The Morgan fingerprint density at radius 1 is 1.14 bits per heavy atom. The van der Waals surface area contributed by atoms with Gasteiger partial charge in [-0.15, -0.1) is 0 Å². The Labute approximate surface area is 125 Å². The van der Waals surface area contributed by atoms with Gasteiger partial charge in [0.25, 0.3) is 5.91 Å². The van der Waals surface area contributed by atoms with Crippen LogP contribution in [0.25, 0.3) is 0 Å². The van der Waals surface area contributed by atoms with Crippen molar-refractivity contribution in [3.8, 4) is 0 Å². The summed E-state index contributed by atoms with van der Waals surface area (Å²) in [7, 11) is 1.84. The molecule has 0 saturated carbocycles. The van der Waals surface area contributed by atoms with Crippen LogP contribution in [0.15, 0.2) is 36.4 Å². The first kappa shape index (κ1) is 13.7. The van der Waals surface area contributed by atoms with Crippen molar-refractivity contribution in [2.45, 2.75) is 20.3 Å². The van der Waals surface area contributed by atoms with E-state index < -0.39 is 0 Å². The Morgan fingerprint density at radius 2 is 1.95 bits per heavy atom. The molecule has 1 aliphatic heterocycles. The fourth-order valence-corrected chi connectivity index (χ4v) is 2.92. The van der Waals surface area contributed by atoms with Crippen molar-refractivity contribution in [1.29, 1.82) is 0 Å². The quantitative estimate of drug-likeness (QED) is 0.912. The molecule has 0 unspecified atom stereocenters. The second-order valence-corrected chi connectivity index (χ2v) is 5.70. The van der Waals surface area contributed by atoms with Gasteiger partial charge in [0.1, 0.15) is 0 Å². The van der Waals surface area contributed by atoms with Crippen LogP contribution in [0.5, 0.6) is 0 Å². The second kappa shape index (κ2) is 5.24. The second-order valence-electron chi connectivity index (χ2n) is 5.70. The molecule has 0 fully saturated rings. The summed E-state index contributed by atoms with van der Waals surface area (Å²) in [4.78, 5) is 14.4. The number of nitrogens with zero attached hydrogens (tertiary/aromatic N) is 1. The third-order valence-electron chi connectivity index (χ3n) is 4.08. The zero-order chi connectivity index (χ0) is 15.0. The first-order valence-electron chi connectivity index (χ1n) is 7.28. The van der Waals surface area contributed by atoms with E-state index in [-0.39, 0.29) is 5.91 Å². The molecule has 1 amide bonds. The summed E-state index contributed by atoms with van der Waals surface area (Å²) in [6, 6.07) is 12.1. The van der Waals surface area contributed by atoms with Gasteiger partial charge < -0.3 is 10.2 Å². The molecule has 1 aliphatic rings. The number of carbonyl (C=O) groups is 1. The molecule has 0 saturated heterocycles. The van der Waals surface area contributed by atoms with Crippen molar-refractivity contribution in [1.82, 2.24) is 0 Å². The number of rotatable bonds is 2. The van der Waals surface area contributed by atoms with E-state index in [0.29, 0.717) is 0 Å². The van der Waals surface area contributed by atoms with Crippen molar-refractivity contribution in [2.24, 2.45) is 0 Å². The highest BCUT2D eigenvalue weighted by atomic mass is 16.2. The topological polar surface area (TPSA) is 32.3 Å². The lowest BCUT2D eigenvalue weighted by Crippen LogP contribution is -2.27. The minimum atomic E-state index is 0.0386. The Morgan fingerprint density at radius 3 is 2.71 bits per heavy atom. The maximum Gasteiger partial charge on any atom is 0.258 e.